The van der Waals surface area contributed by atoms with Crippen LogP contribution in [0.5, 0.6) is 0 Å². The molecule has 2 N–H and O–H groups in total. The van der Waals surface area contributed by atoms with Crippen molar-refractivity contribution in [2.24, 2.45) is 5.41 Å². The number of hydrogen-bond acceptors (Lipinski definition) is 4. The van der Waals surface area contributed by atoms with E-state index in [0.29, 0.717) is 17.3 Å². The molecular weight excluding hydrogens is 226 g/mol. The van der Waals surface area contributed by atoms with Gasteiger partial charge < -0.3 is 10.4 Å². The quantitative estimate of drug-likeness (QED) is 0.852. The highest BCUT2D eigenvalue weighted by molar-refractivity contribution is 6.32. The van der Waals surface area contributed by atoms with Crippen LogP contribution >= 0.6 is 11.6 Å². The summed E-state index contributed by atoms with van der Waals surface area (Å²) in [6, 6.07) is 0.116. The average Bonchev–Trinajstić information content (AvgIpc) is 2.19. The van der Waals surface area contributed by atoms with E-state index < -0.39 is 0 Å². The molecule has 0 saturated heterocycles. The van der Waals surface area contributed by atoms with Crippen molar-refractivity contribution in [3.63, 3.8) is 0 Å². The maximum absolute atomic E-state index is 9.04. The van der Waals surface area contributed by atoms with Crippen LogP contribution in [-0.4, -0.2) is 27.7 Å². The number of anilines is 1. The van der Waals surface area contributed by atoms with Gasteiger partial charge in [-0.05, 0) is 11.8 Å². The summed E-state index contributed by atoms with van der Waals surface area (Å²) in [4.78, 5) is 7.91. The largest absolute Gasteiger partial charge is 0.396 e. The van der Waals surface area contributed by atoms with Crippen molar-refractivity contribution in [3.8, 4) is 0 Å². The molecule has 90 valence electrons. The molecule has 0 radical (unpaired) electrons. The second kappa shape index (κ2) is 5.46. The highest BCUT2D eigenvalue weighted by atomic mass is 35.5. The summed E-state index contributed by atoms with van der Waals surface area (Å²) < 4.78 is 0. The van der Waals surface area contributed by atoms with Crippen molar-refractivity contribution >= 4 is 17.4 Å². The van der Waals surface area contributed by atoms with Crippen LogP contribution in [0.4, 0.5) is 5.82 Å². The second-order valence-electron chi connectivity index (χ2n) is 4.79. The van der Waals surface area contributed by atoms with Gasteiger partial charge in [-0.25, -0.2) is 9.97 Å². The number of halogens is 1. The molecule has 1 unspecified atom stereocenters. The maximum Gasteiger partial charge on any atom is 0.148 e. The monoisotopic (exact) mass is 243 g/mol. The van der Waals surface area contributed by atoms with Gasteiger partial charge in [0.05, 0.1) is 6.20 Å². The predicted molar refractivity (Wildman–Crippen MR) is 65.6 cm³/mol. The molecule has 1 rings (SSSR count). The third-order valence-corrected chi connectivity index (χ3v) is 2.72. The van der Waals surface area contributed by atoms with Gasteiger partial charge in [-0.15, -0.1) is 0 Å². The first-order chi connectivity index (χ1) is 7.45. The Morgan fingerprint density at radius 1 is 1.50 bits per heavy atom. The van der Waals surface area contributed by atoms with E-state index in [4.69, 9.17) is 16.7 Å². The van der Waals surface area contributed by atoms with E-state index in [1.54, 1.807) is 6.20 Å². The van der Waals surface area contributed by atoms with Crippen molar-refractivity contribution in [2.45, 2.75) is 33.2 Å². The van der Waals surface area contributed by atoms with E-state index in [0.717, 1.165) is 0 Å². The van der Waals surface area contributed by atoms with Gasteiger partial charge in [-0.2, -0.15) is 0 Å². The lowest BCUT2D eigenvalue weighted by atomic mass is 9.85. The Kier molecular flexibility index (Phi) is 4.50. The summed E-state index contributed by atoms with van der Waals surface area (Å²) in [6.45, 7) is 6.46. The third-order valence-electron chi connectivity index (χ3n) is 2.44. The molecule has 0 spiro atoms. The minimum absolute atomic E-state index is 0.0248. The SMILES string of the molecule is CC(C)(C)C(CCO)Nc1ncncc1Cl. The summed E-state index contributed by atoms with van der Waals surface area (Å²) >= 11 is 5.97. The summed E-state index contributed by atoms with van der Waals surface area (Å²) in [5.74, 6) is 0.616. The first-order valence-corrected chi connectivity index (χ1v) is 5.66. The van der Waals surface area contributed by atoms with Gasteiger partial charge in [0.2, 0.25) is 0 Å². The summed E-state index contributed by atoms with van der Waals surface area (Å²) in [5.41, 5.74) is 0.0248. The predicted octanol–water partition coefficient (Wildman–Crippen LogP) is 2.34. The van der Waals surface area contributed by atoms with Crippen molar-refractivity contribution in [3.05, 3.63) is 17.5 Å². The normalized spacial score (nSPS) is 13.6. The Balaban J connectivity index is 2.80. The molecule has 0 aliphatic heterocycles. The molecule has 5 heteroatoms. The number of rotatable bonds is 4. The number of aliphatic hydroxyl groups excluding tert-OH is 1. The van der Waals surface area contributed by atoms with Crippen LogP contribution in [0.1, 0.15) is 27.2 Å². The molecule has 0 amide bonds. The summed E-state index contributed by atoms with van der Waals surface area (Å²) in [5, 5.41) is 12.8. The first-order valence-electron chi connectivity index (χ1n) is 5.28. The fourth-order valence-electron chi connectivity index (χ4n) is 1.43. The summed E-state index contributed by atoms with van der Waals surface area (Å²) in [6.07, 6.45) is 3.66. The molecule has 1 aromatic rings. The molecule has 1 aromatic heterocycles. The van der Waals surface area contributed by atoms with Crippen LogP contribution in [0.3, 0.4) is 0 Å². The molecular formula is C11H18ClN3O. The minimum atomic E-state index is 0.0248. The summed E-state index contributed by atoms with van der Waals surface area (Å²) in [7, 11) is 0. The molecule has 1 atom stereocenters. The average molecular weight is 244 g/mol. The lowest BCUT2D eigenvalue weighted by Crippen LogP contribution is -2.35. The van der Waals surface area contributed by atoms with Gasteiger partial charge in [-0.3, -0.25) is 0 Å². The van der Waals surface area contributed by atoms with E-state index in [1.807, 2.05) is 0 Å². The Morgan fingerprint density at radius 2 is 2.19 bits per heavy atom. The minimum Gasteiger partial charge on any atom is -0.396 e. The van der Waals surface area contributed by atoms with Gasteiger partial charge in [0.15, 0.2) is 0 Å². The van der Waals surface area contributed by atoms with E-state index in [2.05, 4.69) is 36.1 Å². The number of nitrogens with zero attached hydrogens (tertiary/aromatic N) is 2. The van der Waals surface area contributed by atoms with Crippen molar-refractivity contribution in [1.29, 1.82) is 0 Å². The lowest BCUT2D eigenvalue weighted by molar-refractivity contribution is 0.235. The Hall–Kier alpha value is -0.870. The number of hydrogen-bond donors (Lipinski definition) is 2. The van der Waals surface area contributed by atoms with Crippen LogP contribution in [0.2, 0.25) is 5.02 Å². The van der Waals surface area contributed by atoms with E-state index in [-0.39, 0.29) is 18.1 Å². The van der Waals surface area contributed by atoms with Crippen molar-refractivity contribution < 1.29 is 5.11 Å². The molecule has 0 aliphatic carbocycles. The van der Waals surface area contributed by atoms with Crippen LogP contribution in [-0.2, 0) is 0 Å². The molecule has 0 aliphatic rings. The zero-order valence-corrected chi connectivity index (χ0v) is 10.6. The highest BCUT2D eigenvalue weighted by Crippen LogP contribution is 2.27. The Bertz CT molecular complexity index is 338. The van der Waals surface area contributed by atoms with Crippen LogP contribution in [0, 0.1) is 5.41 Å². The smallest absolute Gasteiger partial charge is 0.148 e. The van der Waals surface area contributed by atoms with Gasteiger partial charge in [0.1, 0.15) is 17.2 Å². The number of nitrogens with one attached hydrogen (secondary N) is 1. The molecule has 16 heavy (non-hydrogen) atoms. The molecule has 0 aromatic carbocycles. The molecule has 0 bridgehead atoms. The van der Waals surface area contributed by atoms with Gasteiger partial charge in [0.25, 0.3) is 0 Å². The zero-order valence-electron chi connectivity index (χ0n) is 9.87. The zero-order chi connectivity index (χ0) is 12.2. The molecule has 1 heterocycles. The molecule has 4 nitrogen and oxygen atoms in total. The maximum atomic E-state index is 9.04. The van der Waals surface area contributed by atoms with E-state index >= 15 is 0 Å². The van der Waals surface area contributed by atoms with E-state index in [9.17, 15) is 0 Å². The van der Waals surface area contributed by atoms with Crippen LogP contribution < -0.4 is 5.32 Å². The Morgan fingerprint density at radius 3 is 2.69 bits per heavy atom. The van der Waals surface area contributed by atoms with Gasteiger partial charge in [-0.1, -0.05) is 32.4 Å². The standard InChI is InChI=1S/C11H18ClN3O/c1-11(2,3)9(4-5-16)15-10-8(12)6-13-7-14-10/h6-7,9,16H,4-5H2,1-3H3,(H,13,14,15). The third kappa shape index (κ3) is 3.61. The first kappa shape index (κ1) is 13.2. The topological polar surface area (TPSA) is 58.0 Å². The Labute approximate surface area is 101 Å². The van der Waals surface area contributed by atoms with Crippen molar-refractivity contribution in [2.75, 3.05) is 11.9 Å². The van der Waals surface area contributed by atoms with Gasteiger partial charge in [0, 0.05) is 12.6 Å². The van der Waals surface area contributed by atoms with E-state index in [1.165, 1.54) is 6.33 Å². The second-order valence-corrected chi connectivity index (χ2v) is 5.20. The molecule has 0 fully saturated rings. The van der Waals surface area contributed by atoms with Crippen LogP contribution in [0.25, 0.3) is 0 Å². The molecule has 0 saturated carbocycles. The van der Waals surface area contributed by atoms with Gasteiger partial charge >= 0.3 is 0 Å². The number of aromatic nitrogens is 2. The lowest BCUT2D eigenvalue weighted by Gasteiger charge is -2.31. The van der Waals surface area contributed by atoms with Crippen molar-refractivity contribution in [1.82, 2.24) is 9.97 Å². The van der Waals surface area contributed by atoms with Crippen LogP contribution in [0.15, 0.2) is 12.5 Å². The fourth-order valence-corrected chi connectivity index (χ4v) is 1.59. The fraction of sp³-hybridized carbons (Fsp3) is 0.636. The number of aliphatic hydroxyl groups is 1. The highest BCUT2D eigenvalue weighted by Gasteiger charge is 2.24.